The molecule has 1 aliphatic heterocycles. The zero-order valence-corrected chi connectivity index (χ0v) is 13.5. The number of hydrogen-bond acceptors (Lipinski definition) is 5. The Morgan fingerprint density at radius 1 is 1.35 bits per heavy atom. The first kappa shape index (κ1) is 14.5. The van der Waals surface area contributed by atoms with Crippen molar-refractivity contribution in [3.63, 3.8) is 0 Å². The number of nitrogens with zero attached hydrogens (tertiary/aromatic N) is 4. The molecule has 3 aromatic rings. The maximum absolute atomic E-state index is 6.55. The Morgan fingerprint density at radius 3 is 2.91 bits per heavy atom. The molecule has 1 fully saturated rings. The highest BCUT2D eigenvalue weighted by molar-refractivity contribution is 6.36. The number of halogens is 1. The van der Waals surface area contributed by atoms with E-state index in [-0.39, 0.29) is 0 Å². The molecular formula is C15H17ClN6O. The summed E-state index contributed by atoms with van der Waals surface area (Å²) in [5.41, 5.74) is 3.48. The van der Waals surface area contributed by atoms with Gasteiger partial charge in [0.1, 0.15) is 0 Å². The van der Waals surface area contributed by atoms with Gasteiger partial charge < -0.3 is 10.1 Å². The van der Waals surface area contributed by atoms with Crippen LogP contribution in [0, 0.1) is 6.92 Å². The minimum absolute atomic E-state index is 0.343. The minimum atomic E-state index is 0.343. The lowest BCUT2D eigenvalue weighted by molar-refractivity contribution is 0.0903. The predicted octanol–water partition coefficient (Wildman–Crippen LogP) is 2.67. The van der Waals surface area contributed by atoms with Crippen LogP contribution < -0.4 is 5.32 Å². The Bertz CT molecular complexity index is 836. The van der Waals surface area contributed by atoms with Crippen LogP contribution in [0.5, 0.6) is 0 Å². The molecule has 0 saturated carbocycles. The van der Waals surface area contributed by atoms with E-state index in [4.69, 9.17) is 16.3 Å². The number of pyridine rings is 1. The van der Waals surface area contributed by atoms with Crippen LogP contribution in [-0.2, 0) is 4.74 Å². The molecule has 3 aromatic heterocycles. The van der Waals surface area contributed by atoms with Crippen molar-refractivity contribution in [2.24, 2.45) is 0 Å². The molecule has 0 radical (unpaired) electrons. The summed E-state index contributed by atoms with van der Waals surface area (Å²) in [6, 6.07) is 2.27. The van der Waals surface area contributed by atoms with E-state index in [9.17, 15) is 0 Å². The lowest BCUT2D eigenvalue weighted by Gasteiger charge is -2.22. The Balaban J connectivity index is 1.68. The molecule has 7 nitrogen and oxygen atoms in total. The molecule has 23 heavy (non-hydrogen) atoms. The van der Waals surface area contributed by atoms with Crippen LogP contribution in [0.2, 0.25) is 5.02 Å². The van der Waals surface area contributed by atoms with Gasteiger partial charge in [0.15, 0.2) is 5.65 Å². The standard InChI is InChI=1S/C15H17ClN6O/c1-9-12(8-17-20-9)11-2-5-22-14(13(11)16)19-15(21-22)18-10-3-6-23-7-4-10/h2,5,8,10H,3-4,6-7H2,1H3,(H,17,20)(H,18,21). The molecule has 2 N–H and O–H groups in total. The van der Waals surface area contributed by atoms with Gasteiger partial charge in [0.25, 0.3) is 0 Å². The molecule has 0 unspecified atom stereocenters. The SMILES string of the molecule is Cc1[nH]ncc1-c1ccn2nc(NC3CCOCC3)nc2c1Cl. The smallest absolute Gasteiger partial charge is 0.243 e. The lowest BCUT2D eigenvalue weighted by Crippen LogP contribution is -2.28. The third-order valence-electron chi connectivity index (χ3n) is 4.12. The average molecular weight is 333 g/mol. The zero-order valence-electron chi connectivity index (χ0n) is 12.7. The minimum Gasteiger partial charge on any atom is -0.381 e. The van der Waals surface area contributed by atoms with Crippen LogP contribution in [0.25, 0.3) is 16.8 Å². The number of aromatic amines is 1. The highest BCUT2D eigenvalue weighted by Crippen LogP contribution is 2.32. The van der Waals surface area contributed by atoms with Crippen molar-refractivity contribution in [3.8, 4) is 11.1 Å². The van der Waals surface area contributed by atoms with E-state index < -0.39 is 0 Å². The number of H-pyrrole nitrogens is 1. The molecule has 8 heteroatoms. The number of hydrogen-bond donors (Lipinski definition) is 2. The third kappa shape index (κ3) is 2.66. The second-order valence-corrected chi connectivity index (χ2v) is 6.06. The molecule has 1 aliphatic rings. The van der Waals surface area contributed by atoms with Crippen molar-refractivity contribution < 1.29 is 4.74 Å². The second-order valence-electron chi connectivity index (χ2n) is 5.69. The summed E-state index contributed by atoms with van der Waals surface area (Å²) < 4.78 is 7.07. The van der Waals surface area contributed by atoms with Crippen LogP contribution >= 0.6 is 11.6 Å². The van der Waals surface area contributed by atoms with Crippen LogP contribution in [0.3, 0.4) is 0 Å². The summed E-state index contributed by atoms with van der Waals surface area (Å²) in [5, 5.41) is 15.4. The van der Waals surface area contributed by atoms with Crippen LogP contribution in [0.1, 0.15) is 18.5 Å². The fourth-order valence-corrected chi connectivity index (χ4v) is 3.13. The van der Waals surface area contributed by atoms with Gasteiger partial charge in [-0.15, -0.1) is 5.10 Å². The molecule has 0 spiro atoms. The predicted molar refractivity (Wildman–Crippen MR) is 87.8 cm³/mol. The second kappa shape index (κ2) is 5.82. The normalized spacial score (nSPS) is 16.1. The number of nitrogens with one attached hydrogen (secondary N) is 2. The Morgan fingerprint density at radius 2 is 2.17 bits per heavy atom. The van der Waals surface area contributed by atoms with Crippen molar-refractivity contribution >= 4 is 23.2 Å². The van der Waals surface area contributed by atoms with Crippen molar-refractivity contribution in [1.29, 1.82) is 0 Å². The number of anilines is 1. The Hall–Kier alpha value is -2.12. The monoisotopic (exact) mass is 332 g/mol. The van der Waals surface area contributed by atoms with E-state index in [2.05, 4.69) is 25.6 Å². The van der Waals surface area contributed by atoms with Crippen molar-refractivity contribution in [2.75, 3.05) is 18.5 Å². The maximum Gasteiger partial charge on any atom is 0.243 e. The van der Waals surface area contributed by atoms with Crippen molar-refractivity contribution in [1.82, 2.24) is 24.8 Å². The van der Waals surface area contributed by atoms with E-state index in [0.29, 0.717) is 22.7 Å². The first-order valence-corrected chi connectivity index (χ1v) is 7.99. The number of aromatic nitrogens is 5. The largest absolute Gasteiger partial charge is 0.381 e. The van der Waals surface area contributed by atoms with Gasteiger partial charge in [-0.05, 0) is 25.8 Å². The first-order chi connectivity index (χ1) is 11.2. The summed E-state index contributed by atoms with van der Waals surface area (Å²) in [5.74, 6) is 0.597. The fraction of sp³-hybridized carbons (Fsp3) is 0.400. The summed E-state index contributed by atoms with van der Waals surface area (Å²) in [7, 11) is 0. The maximum atomic E-state index is 6.55. The Labute approximate surface area is 138 Å². The van der Waals surface area contributed by atoms with Gasteiger partial charge in [0, 0.05) is 42.3 Å². The number of rotatable bonds is 3. The van der Waals surface area contributed by atoms with Crippen LogP contribution in [-0.4, -0.2) is 44.1 Å². The molecule has 0 atom stereocenters. The van der Waals surface area contributed by atoms with Gasteiger partial charge in [0.05, 0.1) is 11.2 Å². The number of aryl methyl sites for hydroxylation is 1. The third-order valence-corrected chi connectivity index (χ3v) is 4.49. The van der Waals surface area contributed by atoms with Gasteiger partial charge in [-0.2, -0.15) is 10.1 Å². The highest BCUT2D eigenvalue weighted by Gasteiger charge is 2.18. The van der Waals surface area contributed by atoms with Gasteiger partial charge in [-0.25, -0.2) is 4.52 Å². The molecule has 0 aromatic carbocycles. The molecular weight excluding hydrogens is 316 g/mol. The lowest BCUT2D eigenvalue weighted by atomic mass is 10.1. The van der Waals surface area contributed by atoms with E-state index in [1.54, 1.807) is 10.7 Å². The summed E-state index contributed by atoms with van der Waals surface area (Å²) in [6.07, 6.45) is 5.56. The van der Waals surface area contributed by atoms with Crippen LogP contribution in [0.4, 0.5) is 5.95 Å². The Kier molecular flexibility index (Phi) is 3.66. The summed E-state index contributed by atoms with van der Waals surface area (Å²) >= 11 is 6.55. The topological polar surface area (TPSA) is 80.1 Å². The zero-order chi connectivity index (χ0) is 15.8. The first-order valence-electron chi connectivity index (χ1n) is 7.62. The summed E-state index contributed by atoms with van der Waals surface area (Å²) in [6.45, 7) is 3.51. The van der Waals surface area contributed by atoms with Gasteiger partial charge >= 0.3 is 0 Å². The average Bonchev–Trinajstić information content (AvgIpc) is 3.15. The molecule has 4 heterocycles. The quantitative estimate of drug-likeness (QED) is 0.770. The number of fused-ring (bicyclic) bond motifs is 1. The van der Waals surface area contributed by atoms with Gasteiger partial charge in [0.2, 0.25) is 5.95 Å². The molecule has 0 bridgehead atoms. The fourth-order valence-electron chi connectivity index (χ4n) is 2.83. The molecule has 4 rings (SSSR count). The van der Waals surface area contributed by atoms with Crippen LogP contribution in [0.15, 0.2) is 18.5 Å². The molecule has 120 valence electrons. The molecule has 1 saturated heterocycles. The van der Waals surface area contributed by atoms with Crippen molar-refractivity contribution in [2.45, 2.75) is 25.8 Å². The van der Waals surface area contributed by atoms with E-state index in [0.717, 1.165) is 42.9 Å². The molecule has 0 amide bonds. The van der Waals surface area contributed by atoms with Crippen molar-refractivity contribution in [3.05, 3.63) is 29.2 Å². The van der Waals surface area contributed by atoms with Gasteiger partial charge in [-0.1, -0.05) is 11.6 Å². The van der Waals surface area contributed by atoms with E-state index >= 15 is 0 Å². The summed E-state index contributed by atoms with van der Waals surface area (Å²) in [4.78, 5) is 4.54. The number of ether oxygens (including phenoxy) is 1. The van der Waals surface area contributed by atoms with Gasteiger partial charge in [-0.3, -0.25) is 5.10 Å². The highest BCUT2D eigenvalue weighted by atomic mass is 35.5. The van der Waals surface area contributed by atoms with E-state index in [1.165, 1.54) is 0 Å². The van der Waals surface area contributed by atoms with E-state index in [1.807, 2.05) is 19.2 Å². The molecule has 0 aliphatic carbocycles.